The van der Waals surface area contributed by atoms with Gasteiger partial charge in [-0.25, -0.2) is 0 Å². The monoisotopic (exact) mass is 220 g/mol. The molecule has 2 aliphatic heterocycles. The van der Waals surface area contributed by atoms with Crippen molar-refractivity contribution in [2.24, 2.45) is 0 Å². The molecule has 4 heteroatoms. The van der Waals surface area contributed by atoms with Crippen molar-refractivity contribution >= 4 is 5.78 Å². The van der Waals surface area contributed by atoms with E-state index in [1.165, 1.54) is 0 Å². The highest BCUT2D eigenvalue weighted by atomic mass is 16.5. The van der Waals surface area contributed by atoms with E-state index in [4.69, 9.17) is 4.52 Å². The summed E-state index contributed by atoms with van der Waals surface area (Å²) in [7, 11) is 0. The van der Waals surface area contributed by atoms with Crippen LogP contribution in [0.3, 0.4) is 0 Å². The van der Waals surface area contributed by atoms with E-state index in [1.54, 1.807) is 0 Å². The molecule has 0 radical (unpaired) electrons. The average molecular weight is 220 g/mol. The van der Waals surface area contributed by atoms with Crippen molar-refractivity contribution in [2.45, 2.75) is 51.2 Å². The fourth-order valence-electron chi connectivity index (χ4n) is 2.99. The van der Waals surface area contributed by atoms with Gasteiger partial charge in [0.15, 0.2) is 5.76 Å². The van der Waals surface area contributed by atoms with Crippen molar-refractivity contribution in [3.63, 3.8) is 0 Å². The Balaban J connectivity index is 1.74. The predicted octanol–water partition coefficient (Wildman–Crippen LogP) is 1.68. The molecule has 4 nitrogen and oxygen atoms in total. The van der Waals surface area contributed by atoms with Crippen LogP contribution in [0.15, 0.2) is 10.6 Å². The third-order valence-corrected chi connectivity index (χ3v) is 3.71. The van der Waals surface area contributed by atoms with Crippen molar-refractivity contribution in [1.29, 1.82) is 0 Å². The summed E-state index contributed by atoms with van der Waals surface area (Å²) < 4.78 is 5.24. The van der Waals surface area contributed by atoms with Gasteiger partial charge in [0.05, 0.1) is 12.2 Å². The normalized spacial score (nSPS) is 29.9. The lowest BCUT2D eigenvalue weighted by molar-refractivity contribution is -0.123. The van der Waals surface area contributed by atoms with E-state index >= 15 is 0 Å². The second kappa shape index (κ2) is 3.70. The van der Waals surface area contributed by atoms with Crippen molar-refractivity contribution in [3.8, 4) is 0 Å². The van der Waals surface area contributed by atoms with E-state index in [-0.39, 0.29) is 0 Å². The molecule has 0 saturated carbocycles. The van der Waals surface area contributed by atoms with E-state index in [2.05, 4.69) is 10.1 Å². The van der Waals surface area contributed by atoms with Gasteiger partial charge in [-0.2, -0.15) is 0 Å². The topological polar surface area (TPSA) is 46.3 Å². The molecule has 2 saturated heterocycles. The summed E-state index contributed by atoms with van der Waals surface area (Å²) in [5.41, 5.74) is 0.926. The largest absolute Gasteiger partial charge is 0.360 e. The Morgan fingerprint density at radius 2 is 2.12 bits per heavy atom. The quantitative estimate of drug-likeness (QED) is 0.760. The standard InChI is InChI=1S/C12H16N2O2/c1-8-4-12(16-13-8)7-14-9-2-3-10(14)6-11(15)5-9/h4,9-10H,2-3,5-7H2,1H3. The summed E-state index contributed by atoms with van der Waals surface area (Å²) in [4.78, 5) is 13.9. The van der Waals surface area contributed by atoms with Crippen LogP contribution >= 0.6 is 0 Å². The van der Waals surface area contributed by atoms with Crippen LogP contribution in [0.2, 0.25) is 0 Å². The lowest BCUT2D eigenvalue weighted by Crippen LogP contribution is -2.42. The third kappa shape index (κ3) is 1.67. The highest BCUT2D eigenvalue weighted by Gasteiger charge is 2.40. The predicted molar refractivity (Wildman–Crippen MR) is 57.8 cm³/mol. The van der Waals surface area contributed by atoms with Crippen LogP contribution in [0.1, 0.15) is 37.1 Å². The van der Waals surface area contributed by atoms with E-state index in [0.29, 0.717) is 17.9 Å². The smallest absolute Gasteiger partial charge is 0.150 e. The van der Waals surface area contributed by atoms with E-state index < -0.39 is 0 Å². The number of nitrogens with zero attached hydrogens (tertiary/aromatic N) is 2. The number of carbonyl (C=O) groups excluding carboxylic acids is 1. The van der Waals surface area contributed by atoms with Crippen LogP contribution in [0.4, 0.5) is 0 Å². The number of hydrogen-bond acceptors (Lipinski definition) is 4. The van der Waals surface area contributed by atoms with Gasteiger partial charge < -0.3 is 4.52 Å². The zero-order valence-corrected chi connectivity index (χ0v) is 9.48. The van der Waals surface area contributed by atoms with Gasteiger partial charge in [0.25, 0.3) is 0 Å². The molecule has 3 heterocycles. The number of hydrogen-bond donors (Lipinski definition) is 0. The summed E-state index contributed by atoms with van der Waals surface area (Å²) in [5.74, 6) is 1.35. The summed E-state index contributed by atoms with van der Waals surface area (Å²) >= 11 is 0. The maximum Gasteiger partial charge on any atom is 0.150 e. The Morgan fingerprint density at radius 3 is 2.69 bits per heavy atom. The van der Waals surface area contributed by atoms with Crippen LogP contribution in [0.25, 0.3) is 0 Å². The molecular formula is C12H16N2O2. The van der Waals surface area contributed by atoms with E-state index in [9.17, 15) is 4.79 Å². The maximum absolute atomic E-state index is 11.5. The first-order valence-corrected chi connectivity index (χ1v) is 5.92. The number of ketones is 1. The number of aryl methyl sites for hydroxylation is 1. The summed E-state index contributed by atoms with van der Waals surface area (Å²) in [6, 6.07) is 2.86. The number of aromatic nitrogens is 1. The van der Waals surface area contributed by atoms with Crippen molar-refractivity contribution in [3.05, 3.63) is 17.5 Å². The first-order chi connectivity index (χ1) is 7.72. The zero-order chi connectivity index (χ0) is 11.1. The van der Waals surface area contributed by atoms with E-state index in [0.717, 1.165) is 43.7 Å². The molecule has 0 N–H and O–H groups in total. The number of carbonyl (C=O) groups is 1. The van der Waals surface area contributed by atoms with Gasteiger partial charge in [0.1, 0.15) is 5.78 Å². The molecule has 0 amide bonds. The maximum atomic E-state index is 11.5. The Bertz CT molecular complexity index is 397. The fourth-order valence-corrected chi connectivity index (χ4v) is 2.99. The lowest BCUT2D eigenvalue weighted by Gasteiger charge is -2.32. The number of piperidine rings is 1. The highest BCUT2D eigenvalue weighted by molar-refractivity contribution is 5.80. The van der Waals surface area contributed by atoms with Gasteiger partial charge in [0, 0.05) is 31.0 Å². The average Bonchev–Trinajstić information content (AvgIpc) is 2.72. The number of fused-ring (bicyclic) bond motifs is 2. The second-order valence-corrected chi connectivity index (χ2v) is 4.94. The summed E-state index contributed by atoms with van der Waals surface area (Å²) in [6.07, 6.45) is 3.76. The van der Waals surface area contributed by atoms with Gasteiger partial charge in [-0.15, -0.1) is 0 Å². The van der Waals surface area contributed by atoms with Crippen LogP contribution in [-0.4, -0.2) is 27.9 Å². The molecule has 2 unspecified atom stereocenters. The van der Waals surface area contributed by atoms with Gasteiger partial charge in [-0.1, -0.05) is 5.16 Å². The molecule has 0 aliphatic carbocycles. The molecule has 3 rings (SSSR count). The molecular weight excluding hydrogens is 204 g/mol. The van der Waals surface area contributed by atoms with Crippen LogP contribution < -0.4 is 0 Å². The van der Waals surface area contributed by atoms with Crippen LogP contribution in [-0.2, 0) is 11.3 Å². The zero-order valence-electron chi connectivity index (χ0n) is 9.48. The fraction of sp³-hybridized carbons (Fsp3) is 0.667. The summed E-state index contributed by atoms with van der Waals surface area (Å²) in [6.45, 7) is 2.74. The molecule has 1 aromatic heterocycles. The van der Waals surface area contributed by atoms with E-state index in [1.807, 2.05) is 13.0 Å². The minimum absolute atomic E-state index is 0.428. The second-order valence-electron chi connectivity index (χ2n) is 4.94. The SMILES string of the molecule is Cc1cc(CN2C3CCC2CC(=O)C3)on1. The minimum atomic E-state index is 0.428. The van der Waals surface area contributed by atoms with Gasteiger partial charge in [-0.3, -0.25) is 9.69 Å². The van der Waals surface area contributed by atoms with Gasteiger partial charge in [0.2, 0.25) is 0 Å². The molecule has 1 aromatic rings. The van der Waals surface area contributed by atoms with Gasteiger partial charge >= 0.3 is 0 Å². The first-order valence-electron chi connectivity index (χ1n) is 5.92. The Morgan fingerprint density at radius 1 is 1.44 bits per heavy atom. The third-order valence-electron chi connectivity index (χ3n) is 3.71. The van der Waals surface area contributed by atoms with Crippen LogP contribution in [0.5, 0.6) is 0 Å². The first kappa shape index (κ1) is 10.0. The molecule has 16 heavy (non-hydrogen) atoms. The molecule has 86 valence electrons. The number of Topliss-reactive ketones (excluding diaryl/α,β-unsaturated/α-hetero) is 1. The van der Waals surface area contributed by atoms with Gasteiger partial charge in [-0.05, 0) is 19.8 Å². The summed E-state index contributed by atoms with van der Waals surface area (Å²) in [5, 5.41) is 3.90. The Labute approximate surface area is 94.6 Å². The Hall–Kier alpha value is -1.16. The Kier molecular flexibility index (Phi) is 2.32. The van der Waals surface area contributed by atoms with Crippen LogP contribution in [0, 0.1) is 6.92 Å². The lowest BCUT2D eigenvalue weighted by atomic mass is 10.0. The molecule has 0 spiro atoms. The molecule has 2 aliphatic rings. The molecule has 2 bridgehead atoms. The minimum Gasteiger partial charge on any atom is -0.360 e. The molecule has 0 aromatic carbocycles. The van der Waals surface area contributed by atoms with Crippen molar-refractivity contribution in [2.75, 3.05) is 0 Å². The molecule has 2 atom stereocenters. The number of rotatable bonds is 2. The van der Waals surface area contributed by atoms with Crippen molar-refractivity contribution in [1.82, 2.24) is 10.1 Å². The highest BCUT2D eigenvalue weighted by Crippen LogP contribution is 2.35. The molecule has 2 fully saturated rings. The van der Waals surface area contributed by atoms with Crippen molar-refractivity contribution < 1.29 is 9.32 Å².